The van der Waals surface area contributed by atoms with Crippen LogP contribution in [0.4, 0.5) is 5.82 Å². The quantitative estimate of drug-likeness (QED) is 0.513. The molecule has 0 unspecified atom stereocenters. The summed E-state index contributed by atoms with van der Waals surface area (Å²) in [5.74, 6) is -0.286. The van der Waals surface area contributed by atoms with Gasteiger partial charge in [-0.15, -0.1) is 0 Å². The molecular formula is C22H26N4O5S. The summed E-state index contributed by atoms with van der Waals surface area (Å²) in [4.78, 5) is 16.9. The van der Waals surface area contributed by atoms with Gasteiger partial charge in [0.15, 0.2) is 15.5 Å². The topological polar surface area (TPSA) is 151 Å². The number of hydrogen-bond acceptors (Lipinski definition) is 7. The lowest BCUT2D eigenvalue weighted by atomic mass is 10.1. The second kappa shape index (κ2) is 7.13. The second-order valence-corrected chi connectivity index (χ2v) is 11.0. The average Bonchev–Trinajstić information content (AvgIpc) is 3.44. The van der Waals surface area contributed by atoms with Gasteiger partial charge in [-0.2, -0.15) is 4.98 Å². The number of primary amides is 1. The Morgan fingerprint density at radius 1 is 1.25 bits per heavy atom. The Balaban J connectivity index is 1.93. The normalized spacial score (nSPS) is 15.1. The summed E-state index contributed by atoms with van der Waals surface area (Å²) in [6, 6.07) is 5.02. The van der Waals surface area contributed by atoms with Crippen molar-refractivity contribution < 1.29 is 23.1 Å². The number of carbonyl (C=O) groups excluding carboxylic acids is 1. The lowest BCUT2D eigenvalue weighted by Gasteiger charge is -2.17. The molecule has 1 amide bonds. The van der Waals surface area contributed by atoms with Crippen LogP contribution in [0, 0.1) is 20.8 Å². The molecule has 1 aliphatic rings. The van der Waals surface area contributed by atoms with Crippen molar-refractivity contribution in [1.82, 2.24) is 9.55 Å². The third-order valence-corrected chi connectivity index (χ3v) is 8.36. The highest BCUT2D eigenvalue weighted by molar-refractivity contribution is 7.92. The number of rotatable bonds is 6. The first-order chi connectivity index (χ1) is 14.9. The predicted octanol–water partition coefficient (Wildman–Crippen LogP) is 2.29. The molecule has 1 aromatic carbocycles. The van der Waals surface area contributed by atoms with Crippen molar-refractivity contribution in [2.75, 3.05) is 18.6 Å². The number of aromatic nitrogens is 2. The van der Waals surface area contributed by atoms with Crippen molar-refractivity contribution in [3.63, 3.8) is 0 Å². The number of nitrogens with zero attached hydrogens (tertiary/aromatic N) is 2. The first-order valence-corrected chi connectivity index (χ1v) is 12.0. The molecule has 0 saturated heterocycles. The van der Waals surface area contributed by atoms with E-state index in [2.05, 4.69) is 4.98 Å². The van der Waals surface area contributed by atoms with Crippen molar-refractivity contribution in [3.8, 4) is 17.3 Å². The molecule has 1 aliphatic carbocycles. The van der Waals surface area contributed by atoms with E-state index in [-0.39, 0.29) is 29.6 Å². The van der Waals surface area contributed by atoms with Crippen molar-refractivity contribution in [2.45, 2.75) is 38.4 Å². The minimum atomic E-state index is -3.26. The fraction of sp³-hybridized carbons (Fsp3) is 0.364. The van der Waals surface area contributed by atoms with Crippen LogP contribution < -0.4 is 16.2 Å². The highest BCUT2D eigenvalue weighted by Gasteiger charge is 2.53. The molecule has 10 heteroatoms. The zero-order valence-corrected chi connectivity index (χ0v) is 19.2. The first kappa shape index (κ1) is 21.9. The standard InChI is InChI=1S/C22H26N4O5S/c1-11-5-6-15(27)13(3)17(11)26-18(23)16(19(24)28)14-9-12(2)21(25-20(14)26)31-10-22(7-8-22)32(4,29)30/h5-6,9,27H,7-8,10,23H2,1-4H3,(H2,24,28). The molecule has 32 heavy (non-hydrogen) atoms. The fourth-order valence-electron chi connectivity index (χ4n) is 4.07. The molecule has 0 radical (unpaired) electrons. The van der Waals surface area contributed by atoms with Crippen LogP contribution in [0.2, 0.25) is 0 Å². The SMILES string of the molecule is Cc1cc2c(C(N)=O)c(N)n(-c3c(C)ccc(O)c3C)c2nc1OCC1(S(C)(=O)=O)CC1. The van der Waals surface area contributed by atoms with E-state index in [1.165, 1.54) is 6.26 Å². The molecule has 5 N–H and O–H groups in total. The maximum atomic E-state index is 12.2. The maximum Gasteiger partial charge on any atom is 0.253 e. The number of fused-ring (bicyclic) bond motifs is 1. The molecule has 1 fully saturated rings. The number of amides is 1. The highest BCUT2D eigenvalue weighted by Crippen LogP contribution is 2.44. The Morgan fingerprint density at radius 3 is 2.47 bits per heavy atom. The smallest absolute Gasteiger partial charge is 0.253 e. The van der Waals surface area contributed by atoms with Gasteiger partial charge in [0.05, 0.1) is 11.3 Å². The third-order valence-electron chi connectivity index (χ3n) is 6.27. The van der Waals surface area contributed by atoms with Crippen molar-refractivity contribution in [2.24, 2.45) is 5.73 Å². The molecule has 0 aliphatic heterocycles. The van der Waals surface area contributed by atoms with Gasteiger partial charge < -0.3 is 21.3 Å². The zero-order chi connectivity index (χ0) is 23.6. The number of phenolic OH excluding ortho intramolecular Hbond substituents is 1. The van der Waals surface area contributed by atoms with Crippen molar-refractivity contribution in [1.29, 1.82) is 0 Å². The highest BCUT2D eigenvalue weighted by atomic mass is 32.2. The largest absolute Gasteiger partial charge is 0.508 e. The van der Waals surface area contributed by atoms with E-state index in [0.717, 1.165) is 5.56 Å². The van der Waals surface area contributed by atoms with Crippen LogP contribution in [0.3, 0.4) is 0 Å². The Labute approximate surface area is 185 Å². The van der Waals surface area contributed by atoms with Crippen molar-refractivity contribution in [3.05, 3.63) is 40.5 Å². The number of aromatic hydroxyl groups is 1. The molecule has 9 nitrogen and oxygen atoms in total. The Kier molecular flexibility index (Phi) is 4.89. The molecule has 170 valence electrons. The molecule has 0 bridgehead atoms. The Morgan fingerprint density at radius 2 is 1.91 bits per heavy atom. The second-order valence-electron chi connectivity index (χ2n) is 8.56. The number of anilines is 1. The summed E-state index contributed by atoms with van der Waals surface area (Å²) >= 11 is 0. The molecule has 1 saturated carbocycles. The van der Waals surface area contributed by atoms with Gasteiger partial charge in [0, 0.05) is 22.8 Å². The summed E-state index contributed by atoms with van der Waals surface area (Å²) in [6.45, 7) is 5.34. The van der Waals surface area contributed by atoms with Gasteiger partial charge in [-0.3, -0.25) is 9.36 Å². The zero-order valence-electron chi connectivity index (χ0n) is 18.4. The molecule has 3 aromatic rings. The summed E-state index contributed by atoms with van der Waals surface area (Å²) in [5, 5.41) is 10.7. The van der Waals surface area contributed by atoms with E-state index >= 15 is 0 Å². The lowest BCUT2D eigenvalue weighted by molar-refractivity contribution is 0.100. The number of ether oxygens (including phenoxy) is 1. The van der Waals surface area contributed by atoms with Gasteiger partial charge in [-0.25, -0.2) is 8.42 Å². The number of carbonyl (C=O) groups is 1. The summed E-state index contributed by atoms with van der Waals surface area (Å²) < 4.78 is 30.8. The van der Waals surface area contributed by atoms with E-state index in [0.29, 0.717) is 40.7 Å². The number of sulfone groups is 1. The molecule has 0 atom stereocenters. The minimum absolute atomic E-state index is 0.00573. The van der Waals surface area contributed by atoms with E-state index in [9.17, 15) is 18.3 Å². The van der Waals surface area contributed by atoms with Crippen LogP contribution >= 0.6 is 0 Å². The van der Waals surface area contributed by atoms with Crippen LogP contribution in [-0.2, 0) is 9.84 Å². The number of benzene rings is 1. The first-order valence-electron chi connectivity index (χ1n) is 10.1. The fourth-order valence-corrected chi connectivity index (χ4v) is 5.18. The van der Waals surface area contributed by atoms with Gasteiger partial charge in [-0.05, 0) is 51.3 Å². The van der Waals surface area contributed by atoms with Gasteiger partial charge >= 0.3 is 0 Å². The third kappa shape index (κ3) is 3.26. The number of aryl methyl sites for hydroxylation is 2. The van der Waals surface area contributed by atoms with Crippen molar-refractivity contribution >= 4 is 32.6 Å². The lowest BCUT2D eigenvalue weighted by Crippen LogP contribution is -2.29. The summed E-state index contributed by atoms with van der Waals surface area (Å²) in [7, 11) is -3.26. The van der Waals surface area contributed by atoms with Gasteiger partial charge in [0.25, 0.3) is 5.91 Å². The Bertz CT molecular complexity index is 1390. The Hall–Kier alpha value is -3.27. The van der Waals surface area contributed by atoms with Gasteiger partial charge in [0.2, 0.25) is 5.88 Å². The number of pyridine rings is 1. The number of nitrogen functional groups attached to an aromatic ring is 1. The minimum Gasteiger partial charge on any atom is -0.508 e. The summed E-state index contributed by atoms with van der Waals surface area (Å²) in [5.41, 5.74) is 15.0. The van der Waals surface area contributed by atoms with E-state index < -0.39 is 20.5 Å². The number of hydrogen-bond donors (Lipinski definition) is 3. The molecule has 4 rings (SSSR count). The van der Waals surface area contributed by atoms with Crippen LogP contribution in [0.15, 0.2) is 18.2 Å². The van der Waals surface area contributed by atoms with Crippen LogP contribution in [0.1, 0.15) is 39.9 Å². The summed E-state index contributed by atoms with van der Waals surface area (Å²) in [6.07, 6.45) is 2.30. The molecule has 2 aromatic heterocycles. The van der Waals surface area contributed by atoms with E-state index in [4.69, 9.17) is 16.2 Å². The molecule has 0 spiro atoms. The van der Waals surface area contributed by atoms with Gasteiger partial charge in [-0.1, -0.05) is 6.07 Å². The van der Waals surface area contributed by atoms with Gasteiger partial charge in [0.1, 0.15) is 22.9 Å². The molecule has 2 heterocycles. The number of phenols is 1. The predicted molar refractivity (Wildman–Crippen MR) is 122 cm³/mol. The van der Waals surface area contributed by atoms with E-state index in [1.807, 2.05) is 6.92 Å². The maximum absolute atomic E-state index is 12.2. The van der Waals surface area contributed by atoms with Crippen LogP contribution in [0.5, 0.6) is 11.6 Å². The molecular weight excluding hydrogens is 432 g/mol. The number of nitrogens with two attached hydrogens (primary N) is 2. The van der Waals surface area contributed by atoms with Crippen LogP contribution in [-0.4, -0.2) is 46.6 Å². The monoisotopic (exact) mass is 458 g/mol. The average molecular weight is 459 g/mol. The van der Waals surface area contributed by atoms with E-state index in [1.54, 1.807) is 36.6 Å². The van der Waals surface area contributed by atoms with Crippen LogP contribution in [0.25, 0.3) is 16.7 Å².